The Balaban J connectivity index is 1.23. The molecular formula is C33H51N6O4+. The number of aromatic nitrogens is 3. The van der Waals surface area contributed by atoms with E-state index in [0.29, 0.717) is 56.7 Å². The number of phenolic OH excluding ortho intramolecular Hbond substituents is 1. The molecule has 0 bridgehead atoms. The van der Waals surface area contributed by atoms with Gasteiger partial charge in [-0.15, -0.1) is 10.2 Å². The molecule has 1 amide bonds. The van der Waals surface area contributed by atoms with Crippen LogP contribution in [0, 0.1) is 0 Å². The van der Waals surface area contributed by atoms with Gasteiger partial charge >= 0.3 is 0 Å². The minimum absolute atomic E-state index is 0.0361. The van der Waals surface area contributed by atoms with E-state index >= 15 is 0 Å². The lowest BCUT2D eigenvalue weighted by Gasteiger charge is -2.39. The minimum Gasteiger partial charge on any atom is -0.507 e. The highest BCUT2D eigenvalue weighted by molar-refractivity contribution is 5.86. The lowest BCUT2D eigenvalue weighted by Crippen LogP contribution is -2.40. The maximum absolute atomic E-state index is 12.2. The summed E-state index contributed by atoms with van der Waals surface area (Å²) in [4.78, 5) is 18.3. The highest BCUT2D eigenvalue weighted by Gasteiger charge is 2.32. The average molecular weight is 596 g/mol. The van der Waals surface area contributed by atoms with E-state index in [9.17, 15) is 9.90 Å². The topological polar surface area (TPSA) is 113 Å². The van der Waals surface area contributed by atoms with E-state index in [-0.39, 0.29) is 17.7 Å². The number of unbranched alkanes of at least 4 members (excludes halogenated alkanes) is 2. The summed E-state index contributed by atoms with van der Waals surface area (Å²) in [5, 5.41) is 23.4. The van der Waals surface area contributed by atoms with Crippen LogP contribution in [0.5, 0.6) is 5.75 Å². The molecule has 1 aliphatic heterocycles. The lowest BCUT2D eigenvalue weighted by atomic mass is 9.90. The van der Waals surface area contributed by atoms with E-state index in [4.69, 9.17) is 9.47 Å². The number of carbonyl (C=O) groups excluding carboxylic acids is 1. The van der Waals surface area contributed by atoms with Gasteiger partial charge in [-0.1, -0.05) is 25.0 Å². The van der Waals surface area contributed by atoms with Crippen molar-refractivity contribution in [3.05, 3.63) is 41.6 Å². The minimum atomic E-state index is 0.0361. The molecule has 0 spiro atoms. The van der Waals surface area contributed by atoms with Crippen LogP contribution < -0.4 is 5.32 Å². The Morgan fingerprint density at radius 2 is 1.86 bits per heavy atom. The fourth-order valence-corrected chi connectivity index (χ4v) is 5.73. The molecule has 0 saturated heterocycles. The Bertz CT molecular complexity index is 1320. The number of nitrogens with zero attached hydrogens (tertiary/aromatic N) is 4. The first kappa shape index (κ1) is 32.9. The zero-order chi connectivity index (χ0) is 30.8. The van der Waals surface area contributed by atoms with Crippen molar-refractivity contribution in [2.24, 2.45) is 0 Å². The van der Waals surface area contributed by atoms with E-state index in [2.05, 4.69) is 66.5 Å². The summed E-state index contributed by atoms with van der Waals surface area (Å²) >= 11 is 0. The number of hydrogen-bond donors (Lipinski definition) is 3. The fourth-order valence-electron chi connectivity index (χ4n) is 5.73. The monoisotopic (exact) mass is 595 g/mol. The second-order valence-electron chi connectivity index (χ2n) is 12.8. The molecule has 3 aromatic rings. The van der Waals surface area contributed by atoms with Crippen LogP contribution in [-0.2, 0) is 20.7 Å². The number of nitrogens with one attached hydrogen (secondary N) is 2. The number of aromatic hydroxyl groups is 1. The van der Waals surface area contributed by atoms with Gasteiger partial charge in [-0.2, -0.15) is 0 Å². The SMILES string of the molecule is CC(C)N1CCc2[nH]c3nnc(-c4ccccc4O)cc3c2[C@@H]1CCCCCNC(=O)CCOCCOCC[N+](C)(C)C. The number of phenols is 1. The first-order chi connectivity index (χ1) is 20.6. The van der Waals surface area contributed by atoms with Gasteiger partial charge in [0.25, 0.3) is 0 Å². The Hall–Kier alpha value is -3.05. The van der Waals surface area contributed by atoms with Gasteiger partial charge in [-0.25, -0.2) is 0 Å². The van der Waals surface area contributed by atoms with Crippen molar-refractivity contribution in [3.63, 3.8) is 0 Å². The van der Waals surface area contributed by atoms with E-state index in [1.807, 2.05) is 18.2 Å². The smallest absolute Gasteiger partial charge is 0.222 e. The predicted molar refractivity (Wildman–Crippen MR) is 170 cm³/mol. The Kier molecular flexibility index (Phi) is 11.9. The van der Waals surface area contributed by atoms with Crippen molar-refractivity contribution in [3.8, 4) is 17.0 Å². The summed E-state index contributed by atoms with van der Waals surface area (Å²) in [5.74, 6) is 0.241. The number of likely N-dealkylation sites (N-methyl/N-ethyl adjacent to an activating group) is 1. The molecule has 0 saturated carbocycles. The van der Waals surface area contributed by atoms with Crippen molar-refractivity contribution < 1.29 is 23.9 Å². The largest absolute Gasteiger partial charge is 0.507 e. The molecular weight excluding hydrogens is 544 g/mol. The van der Waals surface area contributed by atoms with Gasteiger partial charge in [-0.3, -0.25) is 9.69 Å². The number of ether oxygens (including phenoxy) is 2. The number of para-hydroxylation sites is 1. The maximum Gasteiger partial charge on any atom is 0.222 e. The third kappa shape index (κ3) is 9.47. The van der Waals surface area contributed by atoms with Gasteiger partial charge in [0.2, 0.25) is 5.91 Å². The molecule has 10 heteroatoms. The molecule has 1 atom stereocenters. The van der Waals surface area contributed by atoms with Gasteiger partial charge in [0.1, 0.15) is 12.3 Å². The highest BCUT2D eigenvalue weighted by Crippen LogP contribution is 2.40. The second kappa shape index (κ2) is 15.6. The molecule has 3 N–H and O–H groups in total. The van der Waals surface area contributed by atoms with E-state index in [1.165, 1.54) is 11.3 Å². The summed E-state index contributed by atoms with van der Waals surface area (Å²) in [5.41, 5.74) is 4.73. The quantitative estimate of drug-likeness (QED) is 0.156. The molecule has 3 heterocycles. The molecule has 0 aliphatic carbocycles. The van der Waals surface area contributed by atoms with Crippen molar-refractivity contribution >= 4 is 16.9 Å². The molecule has 10 nitrogen and oxygen atoms in total. The van der Waals surface area contributed by atoms with Crippen molar-refractivity contribution in [1.82, 2.24) is 25.4 Å². The van der Waals surface area contributed by atoms with Crippen molar-refractivity contribution in [2.45, 2.75) is 64.5 Å². The third-order valence-electron chi connectivity index (χ3n) is 8.10. The number of hydrogen-bond acceptors (Lipinski definition) is 7. The molecule has 1 aromatic carbocycles. The first-order valence-corrected chi connectivity index (χ1v) is 15.8. The predicted octanol–water partition coefficient (Wildman–Crippen LogP) is 4.44. The van der Waals surface area contributed by atoms with Gasteiger partial charge < -0.3 is 29.4 Å². The summed E-state index contributed by atoms with van der Waals surface area (Å²) in [6.45, 7) is 9.37. The summed E-state index contributed by atoms with van der Waals surface area (Å²) in [6.07, 6.45) is 5.42. The van der Waals surface area contributed by atoms with Gasteiger partial charge in [-0.05, 0) is 50.5 Å². The Labute approximate surface area is 256 Å². The number of quaternary nitrogens is 1. The molecule has 43 heavy (non-hydrogen) atoms. The van der Waals surface area contributed by atoms with E-state index < -0.39 is 0 Å². The van der Waals surface area contributed by atoms with Crippen LogP contribution in [0.15, 0.2) is 30.3 Å². The Morgan fingerprint density at radius 1 is 1.09 bits per heavy atom. The number of carbonyl (C=O) groups is 1. The first-order valence-electron chi connectivity index (χ1n) is 15.8. The summed E-state index contributed by atoms with van der Waals surface area (Å²) in [6, 6.07) is 10.0. The number of aromatic amines is 1. The number of H-pyrrole nitrogens is 1. The molecule has 2 aromatic heterocycles. The zero-order valence-electron chi connectivity index (χ0n) is 26.7. The number of amides is 1. The van der Waals surface area contributed by atoms with Crippen LogP contribution in [0.25, 0.3) is 22.3 Å². The number of fused-ring (bicyclic) bond motifs is 3. The van der Waals surface area contributed by atoms with Crippen LogP contribution in [0.4, 0.5) is 0 Å². The summed E-state index contributed by atoms with van der Waals surface area (Å²) in [7, 11) is 6.42. The number of rotatable bonds is 17. The third-order valence-corrected chi connectivity index (χ3v) is 8.10. The van der Waals surface area contributed by atoms with Crippen molar-refractivity contribution in [1.29, 1.82) is 0 Å². The van der Waals surface area contributed by atoms with Gasteiger partial charge in [0.15, 0.2) is 5.65 Å². The normalized spacial score (nSPS) is 15.7. The molecule has 0 fully saturated rings. The molecule has 0 unspecified atom stereocenters. The van der Waals surface area contributed by atoms with Crippen LogP contribution in [0.2, 0.25) is 0 Å². The van der Waals surface area contributed by atoms with Gasteiger partial charge in [0, 0.05) is 54.7 Å². The van der Waals surface area contributed by atoms with Crippen LogP contribution in [0.3, 0.4) is 0 Å². The average Bonchev–Trinajstić information content (AvgIpc) is 3.34. The highest BCUT2D eigenvalue weighted by atomic mass is 16.5. The number of benzene rings is 1. The van der Waals surface area contributed by atoms with E-state index in [0.717, 1.165) is 60.7 Å². The molecule has 1 aliphatic rings. The summed E-state index contributed by atoms with van der Waals surface area (Å²) < 4.78 is 12.0. The fraction of sp³-hybridized carbons (Fsp3) is 0.606. The molecule has 4 rings (SSSR count). The standard InChI is InChI=1S/C33H50N6O4/c1-24(2)38-17-14-27-32(26-23-28(36-37-33(26)35-27)25-11-8-9-13-30(25)40)29(38)12-7-6-10-16-34-31(41)15-19-42-21-22-43-20-18-39(3,4)5/h8-9,11,13,23-24,29H,6-7,10,12,14-22H2,1-5H3,(H2-,34,35,36,37,40,41)/p+1/t29-/m0/s1. The van der Waals surface area contributed by atoms with Gasteiger partial charge in [0.05, 0.1) is 53.3 Å². The van der Waals surface area contributed by atoms with Crippen LogP contribution in [-0.4, -0.2) is 109 Å². The molecule has 0 radical (unpaired) electrons. The van der Waals surface area contributed by atoms with Crippen molar-refractivity contribution in [2.75, 3.05) is 67.2 Å². The second-order valence-corrected chi connectivity index (χ2v) is 12.8. The maximum atomic E-state index is 12.2. The lowest BCUT2D eigenvalue weighted by molar-refractivity contribution is -0.870. The zero-order valence-corrected chi connectivity index (χ0v) is 26.7. The van der Waals surface area contributed by atoms with Crippen LogP contribution >= 0.6 is 0 Å². The molecule has 236 valence electrons. The van der Waals surface area contributed by atoms with E-state index in [1.54, 1.807) is 6.07 Å². The Morgan fingerprint density at radius 3 is 2.60 bits per heavy atom. The van der Waals surface area contributed by atoms with Crippen LogP contribution in [0.1, 0.15) is 63.3 Å².